The molecule has 296 valence electrons. The molecule has 5 heterocycles. The van der Waals surface area contributed by atoms with E-state index in [2.05, 4.69) is 20.1 Å². The van der Waals surface area contributed by atoms with Crippen LogP contribution in [0.5, 0.6) is 11.5 Å². The lowest BCUT2D eigenvalue weighted by molar-refractivity contribution is 0.0953. The van der Waals surface area contributed by atoms with Crippen LogP contribution in [-0.2, 0) is 30.7 Å². The lowest BCUT2D eigenvalue weighted by atomic mass is 10.1. The Kier molecular flexibility index (Phi) is 11.6. The van der Waals surface area contributed by atoms with Crippen LogP contribution in [0, 0.1) is 5.82 Å². The van der Waals surface area contributed by atoms with Crippen molar-refractivity contribution in [1.82, 2.24) is 30.2 Å². The van der Waals surface area contributed by atoms with Gasteiger partial charge in [-0.1, -0.05) is 30.3 Å². The molecule has 1 N–H and O–H groups in total. The van der Waals surface area contributed by atoms with Crippen molar-refractivity contribution in [1.29, 1.82) is 0 Å². The Morgan fingerprint density at radius 3 is 2.16 bits per heavy atom. The Bertz CT molecular complexity index is 2280. The van der Waals surface area contributed by atoms with E-state index in [1.54, 1.807) is 51.1 Å². The first-order chi connectivity index (χ1) is 28.4. The predicted molar refractivity (Wildman–Crippen MR) is 219 cm³/mol. The number of fused-ring (bicyclic) bond motifs is 1. The van der Waals surface area contributed by atoms with Gasteiger partial charge in [0.2, 0.25) is 11.9 Å². The molecular weight excluding hydrogens is 738 g/mol. The number of carbonyl (C=O) groups is 1. The second-order valence-electron chi connectivity index (χ2n) is 14.0. The molecule has 58 heavy (non-hydrogen) atoms. The molecule has 14 heteroatoms. The number of aromatic nitrogens is 5. The summed E-state index contributed by atoms with van der Waals surface area (Å²) >= 11 is 0. The fourth-order valence-corrected chi connectivity index (χ4v) is 7.16. The lowest BCUT2D eigenvalue weighted by Crippen LogP contribution is -2.37. The van der Waals surface area contributed by atoms with Gasteiger partial charge >= 0.3 is 0 Å². The average molecular weight is 782 g/mol. The minimum Gasteiger partial charge on any atom is -0.497 e. The highest BCUT2D eigenvalue weighted by molar-refractivity contribution is 5.94. The molecule has 0 spiro atoms. The number of nitrogens with zero attached hydrogens (tertiary/aromatic N) is 8. The zero-order valence-corrected chi connectivity index (χ0v) is 32.5. The normalized spacial score (nSPS) is 13.6. The van der Waals surface area contributed by atoms with Gasteiger partial charge in [0, 0.05) is 80.7 Å². The van der Waals surface area contributed by atoms with Crippen LogP contribution in [0.25, 0.3) is 11.3 Å². The van der Waals surface area contributed by atoms with E-state index in [1.807, 2.05) is 65.6 Å². The average Bonchev–Trinajstić information content (AvgIpc) is 3.71. The number of nitrogens with one attached hydrogen (secondary N) is 1. The van der Waals surface area contributed by atoms with Gasteiger partial charge in [0.15, 0.2) is 0 Å². The van der Waals surface area contributed by atoms with E-state index in [0.717, 1.165) is 39.3 Å². The van der Waals surface area contributed by atoms with Crippen molar-refractivity contribution in [2.45, 2.75) is 25.9 Å². The van der Waals surface area contributed by atoms with E-state index in [4.69, 9.17) is 34.1 Å². The molecule has 0 atom stereocenters. The first-order valence-electron chi connectivity index (χ1n) is 19.3. The number of amides is 1. The van der Waals surface area contributed by atoms with Gasteiger partial charge in [-0.15, -0.1) is 0 Å². The summed E-state index contributed by atoms with van der Waals surface area (Å²) in [5.41, 5.74) is 6.04. The third-order valence-corrected chi connectivity index (χ3v) is 10.3. The van der Waals surface area contributed by atoms with E-state index in [-0.39, 0.29) is 11.5 Å². The molecule has 0 aliphatic carbocycles. The molecule has 8 rings (SSSR count). The van der Waals surface area contributed by atoms with E-state index >= 15 is 4.39 Å². The number of halogens is 1. The van der Waals surface area contributed by atoms with Crippen LogP contribution < -0.4 is 29.5 Å². The molecule has 1 saturated heterocycles. The van der Waals surface area contributed by atoms with Crippen molar-refractivity contribution >= 4 is 29.3 Å². The molecule has 2 aliphatic heterocycles. The highest BCUT2D eigenvalue weighted by Gasteiger charge is 2.31. The molecule has 2 aliphatic rings. The molecule has 3 aromatic carbocycles. The third-order valence-electron chi connectivity index (χ3n) is 10.3. The topological polar surface area (TPSA) is 131 Å². The maximum absolute atomic E-state index is 16.0. The number of hydrogen-bond acceptors (Lipinski definition) is 12. The Labute approximate surface area is 336 Å². The predicted octanol–water partition coefficient (Wildman–Crippen LogP) is 6.20. The number of morpholine rings is 1. The van der Waals surface area contributed by atoms with Crippen molar-refractivity contribution in [3.8, 4) is 22.8 Å². The van der Waals surface area contributed by atoms with Gasteiger partial charge in [0.25, 0.3) is 5.91 Å². The molecule has 3 aromatic heterocycles. The lowest BCUT2D eigenvalue weighted by Gasteiger charge is -2.28. The standard InChI is InChI=1S/C44H44FN9O4/c1-56-35-10-5-31(6-11-35)28-53(29-32-7-12-36(57-2)13-8-32)43-48-26-34(27-49-43)40-37-16-19-54(41(37)51-44(50-40)52-20-22-58-23-21-52)39-14-9-33(24-38(39)45)42(55)47-18-15-30-4-3-17-46-25-30/h3-14,17,24-27H,15-16,18-23,28-29H2,1-2H3,(H,47,55). The summed E-state index contributed by atoms with van der Waals surface area (Å²) in [6, 6.07) is 24.3. The smallest absolute Gasteiger partial charge is 0.251 e. The van der Waals surface area contributed by atoms with E-state index < -0.39 is 5.82 Å². The summed E-state index contributed by atoms with van der Waals surface area (Å²) < 4.78 is 32.4. The monoisotopic (exact) mass is 781 g/mol. The number of methoxy groups -OCH3 is 2. The number of anilines is 4. The van der Waals surface area contributed by atoms with Gasteiger partial charge in [-0.2, -0.15) is 4.98 Å². The molecule has 0 bridgehead atoms. The Balaban J connectivity index is 1.07. The van der Waals surface area contributed by atoms with Crippen molar-refractivity contribution in [2.75, 3.05) is 68.3 Å². The Morgan fingerprint density at radius 2 is 1.53 bits per heavy atom. The number of carbonyl (C=O) groups excluding carboxylic acids is 1. The molecule has 13 nitrogen and oxygen atoms in total. The summed E-state index contributed by atoms with van der Waals surface area (Å²) in [6.07, 6.45) is 8.27. The van der Waals surface area contributed by atoms with Crippen LogP contribution in [0.2, 0.25) is 0 Å². The summed E-state index contributed by atoms with van der Waals surface area (Å²) in [5.74, 6) is 2.41. The second-order valence-corrected chi connectivity index (χ2v) is 14.0. The van der Waals surface area contributed by atoms with E-state index in [1.165, 1.54) is 6.07 Å². The fourth-order valence-electron chi connectivity index (χ4n) is 7.16. The van der Waals surface area contributed by atoms with Crippen LogP contribution in [-0.4, -0.2) is 84.4 Å². The largest absolute Gasteiger partial charge is 0.497 e. The number of benzene rings is 3. The fraction of sp³-hybridized carbons (Fsp3) is 0.273. The Morgan fingerprint density at radius 1 is 0.845 bits per heavy atom. The molecule has 0 radical (unpaired) electrons. The molecule has 0 unspecified atom stereocenters. The quantitative estimate of drug-likeness (QED) is 0.135. The second kappa shape index (κ2) is 17.6. The zero-order chi connectivity index (χ0) is 39.8. The van der Waals surface area contributed by atoms with Gasteiger partial charge in [-0.3, -0.25) is 9.78 Å². The van der Waals surface area contributed by atoms with Crippen molar-refractivity contribution < 1.29 is 23.4 Å². The summed E-state index contributed by atoms with van der Waals surface area (Å²) in [5, 5.41) is 2.88. The van der Waals surface area contributed by atoms with Crippen LogP contribution in [0.4, 0.5) is 27.8 Å². The van der Waals surface area contributed by atoms with Crippen molar-refractivity contribution in [3.05, 3.63) is 137 Å². The van der Waals surface area contributed by atoms with Crippen molar-refractivity contribution in [3.63, 3.8) is 0 Å². The Hall–Kier alpha value is -6.67. The SMILES string of the molecule is COc1ccc(CN(Cc2ccc(OC)cc2)c2ncc(-c3nc(N4CCOCC4)nc4c3CCN4c3ccc(C(=O)NCCc4cccnc4)cc3F)cn2)cc1. The van der Waals surface area contributed by atoms with Crippen LogP contribution in [0.15, 0.2) is 104 Å². The third kappa shape index (κ3) is 8.66. The molecule has 1 fully saturated rings. The van der Waals surface area contributed by atoms with Crippen LogP contribution in [0.3, 0.4) is 0 Å². The van der Waals surface area contributed by atoms with Gasteiger partial charge in [0.05, 0.1) is 38.8 Å². The first-order valence-corrected chi connectivity index (χ1v) is 19.3. The molecule has 0 saturated carbocycles. The van der Waals surface area contributed by atoms with Gasteiger partial charge in [-0.05, 0) is 78.1 Å². The first kappa shape index (κ1) is 38.2. The summed E-state index contributed by atoms with van der Waals surface area (Å²) in [7, 11) is 3.31. The number of hydrogen-bond donors (Lipinski definition) is 1. The van der Waals surface area contributed by atoms with Gasteiger partial charge < -0.3 is 34.2 Å². The summed E-state index contributed by atoms with van der Waals surface area (Å²) in [6.45, 7) is 4.36. The van der Waals surface area contributed by atoms with E-state index in [0.29, 0.717) is 94.4 Å². The number of ether oxygens (including phenoxy) is 3. The van der Waals surface area contributed by atoms with Crippen LogP contribution >= 0.6 is 0 Å². The maximum Gasteiger partial charge on any atom is 0.251 e. The molecule has 1 amide bonds. The van der Waals surface area contributed by atoms with Gasteiger partial charge in [0.1, 0.15) is 23.1 Å². The van der Waals surface area contributed by atoms with Crippen molar-refractivity contribution in [2.24, 2.45) is 0 Å². The zero-order valence-electron chi connectivity index (χ0n) is 32.5. The highest BCUT2D eigenvalue weighted by atomic mass is 19.1. The maximum atomic E-state index is 16.0. The minimum absolute atomic E-state index is 0.245. The highest BCUT2D eigenvalue weighted by Crippen LogP contribution is 2.40. The van der Waals surface area contributed by atoms with E-state index in [9.17, 15) is 4.79 Å². The summed E-state index contributed by atoms with van der Waals surface area (Å²) in [4.78, 5) is 43.0. The van der Waals surface area contributed by atoms with Crippen LogP contribution in [0.1, 0.15) is 32.6 Å². The number of pyridine rings is 1. The molecule has 6 aromatic rings. The number of rotatable bonds is 14. The molecular formula is C44H44FN9O4. The van der Waals surface area contributed by atoms with Gasteiger partial charge in [-0.25, -0.2) is 19.3 Å². The minimum atomic E-state index is -0.512.